The van der Waals surface area contributed by atoms with Crippen molar-refractivity contribution in [1.82, 2.24) is 4.98 Å². The van der Waals surface area contributed by atoms with Crippen molar-refractivity contribution < 1.29 is 9.18 Å². The Balaban J connectivity index is 2.25. The van der Waals surface area contributed by atoms with Gasteiger partial charge in [0.1, 0.15) is 5.15 Å². The second-order valence-corrected chi connectivity index (χ2v) is 4.71. The average Bonchev–Trinajstić information content (AvgIpc) is 2.36. The number of rotatable bonds is 2. The van der Waals surface area contributed by atoms with Gasteiger partial charge in [0.05, 0.1) is 5.56 Å². The van der Waals surface area contributed by atoms with Crippen LogP contribution < -0.4 is 5.32 Å². The topological polar surface area (TPSA) is 42.0 Å². The Morgan fingerprint density at radius 1 is 1.11 bits per heavy atom. The molecule has 1 amide bonds. The SMILES string of the molecule is O=C(Nc1ccc(Cl)cc1)c1cc(F)c(Cl)nc1Cl. The van der Waals surface area contributed by atoms with E-state index >= 15 is 0 Å². The lowest BCUT2D eigenvalue weighted by Crippen LogP contribution is -2.13. The second-order valence-electron chi connectivity index (χ2n) is 3.56. The first-order chi connectivity index (χ1) is 8.97. The summed E-state index contributed by atoms with van der Waals surface area (Å²) < 4.78 is 13.3. The number of nitrogens with zero attached hydrogens (tertiary/aromatic N) is 1. The molecule has 0 bridgehead atoms. The zero-order valence-corrected chi connectivity index (χ0v) is 11.5. The molecule has 0 unspecified atom stereocenters. The number of anilines is 1. The third-order valence-corrected chi connectivity index (χ3v) is 3.04. The van der Waals surface area contributed by atoms with Crippen molar-refractivity contribution in [1.29, 1.82) is 0 Å². The van der Waals surface area contributed by atoms with Gasteiger partial charge in [0.2, 0.25) is 0 Å². The van der Waals surface area contributed by atoms with E-state index in [0.29, 0.717) is 10.7 Å². The van der Waals surface area contributed by atoms with Gasteiger partial charge in [-0.3, -0.25) is 4.79 Å². The Morgan fingerprint density at radius 2 is 1.74 bits per heavy atom. The minimum Gasteiger partial charge on any atom is -0.322 e. The number of aromatic nitrogens is 1. The molecule has 0 aliphatic heterocycles. The molecule has 0 spiro atoms. The molecule has 1 aromatic heterocycles. The molecule has 0 atom stereocenters. The lowest BCUT2D eigenvalue weighted by molar-refractivity contribution is 0.102. The van der Waals surface area contributed by atoms with E-state index in [9.17, 15) is 9.18 Å². The Labute approximate surface area is 123 Å². The molecule has 0 saturated heterocycles. The van der Waals surface area contributed by atoms with Crippen LogP contribution in [0.5, 0.6) is 0 Å². The third-order valence-electron chi connectivity index (χ3n) is 2.23. The third kappa shape index (κ3) is 3.35. The maximum absolute atomic E-state index is 13.3. The summed E-state index contributed by atoms with van der Waals surface area (Å²) in [5.41, 5.74) is 0.402. The lowest BCUT2D eigenvalue weighted by atomic mass is 10.2. The van der Waals surface area contributed by atoms with Gasteiger partial charge in [-0.1, -0.05) is 34.8 Å². The van der Waals surface area contributed by atoms with Crippen LogP contribution >= 0.6 is 34.8 Å². The number of hydrogen-bond donors (Lipinski definition) is 1. The highest BCUT2D eigenvalue weighted by molar-refractivity contribution is 6.35. The number of carbonyl (C=O) groups is 1. The highest BCUT2D eigenvalue weighted by atomic mass is 35.5. The van der Waals surface area contributed by atoms with E-state index in [2.05, 4.69) is 10.3 Å². The van der Waals surface area contributed by atoms with Crippen molar-refractivity contribution in [3.05, 3.63) is 57.0 Å². The fourth-order valence-corrected chi connectivity index (χ4v) is 1.87. The summed E-state index contributed by atoms with van der Waals surface area (Å²) in [5.74, 6) is -1.40. The van der Waals surface area contributed by atoms with E-state index in [1.807, 2.05) is 0 Å². The van der Waals surface area contributed by atoms with Gasteiger partial charge in [-0.15, -0.1) is 0 Å². The van der Waals surface area contributed by atoms with Crippen LogP contribution in [0.2, 0.25) is 15.3 Å². The molecular weight excluding hydrogens is 314 g/mol. The second kappa shape index (κ2) is 5.74. The number of amides is 1. The summed E-state index contributed by atoms with van der Waals surface area (Å²) in [4.78, 5) is 15.4. The first-order valence-corrected chi connectivity index (χ1v) is 6.19. The van der Waals surface area contributed by atoms with Crippen molar-refractivity contribution in [2.45, 2.75) is 0 Å². The van der Waals surface area contributed by atoms with Crippen LogP contribution in [0.15, 0.2) is 30.3 Å². The number of benzene rings is 1. The average molecular weight is 320 g/mol. The van der Waals surface area contributed by atoms with Gasteiger partial charge in [0.15, 0.2) is 11.0 Å². The van der Waals surface area contributed by atoms with Crippen molar-refractivity contribution in [2.24, 2.45) is 0 Å². The largest absolute Gasteiger partial charge is 0.322 e. The van der Waals surface area contributed by atoms with E-state index in [4.69, 9.17) is 34.8 Å². The summed E-state index contributed by atoms with van der Waals surface area (Å²) >= 11 is 16.9. The maximum Gasteiger partial charge on any atom is 0.258 e. The van der Waals surface area contributed by atoms with Gasteiger partial charge in [-0.2, -0.15) is 0 Å². The normalized spacial score (nSPS) is 10.3. The number of halogens is 4. The molecule has 7 heteroatoms. The summed E-state index contributed by atoms with van der Waals surface area (Å²) in [6.45, 7) is 0. The van der Waals surface area contributed by atoms with E-state index < -0.39 is 11.7 Å². The Hall–Kier alpha value is -1.36. The zero-order valence-electron chi connectivity index (χ0n) is 9.25. The Kier molecular flexibility index (Phi) is 4.24. The number of nitrogens with one attached hydrogen (secondary N) is 1. The van der Waals surface area contributed by atoms with Crippen LogP contribution in [0, 0.1) is 5.82 Å². The molecule has 2 aromatic rings. The predicted octanol–water partition coefficient (Wildman–Crippen LogP) is 4.43. The molecule has 0 radical (unpaired) electrons. The first-order valence-electron chi connectivity index (χ1n) is 5.06. The molecule has 1 N–H and O–H groups in total. The fraction of sp³-hybridized carbons (Fsp3) is 0. The molecule has 2 rings (SSSR count). The molecule has 98 valence electrons. The van der Waals surface area contributed by atoms with Gasteiger partial charge in [0, 0.05) is 10.7 Å². The van der Waals surface area contributed by atoms with Gasteiger partial charge in [-0.25, -0.2) is 9.37 Å². The number of hydrogen-bond acceptors (Lipinski definition) is 2. The molecule has 1 aromatic carbocycles. The van der Waals surface area contributed by atoms with Gasteiger partial charge in [0.25, 0.3) is 5.91 Å². The molecule has 19 heavy (non-hydrogen) atoms. The maximum atomic E-state index is 13.3. The van der Waals surface area contributed by atoms with Gasteiger partial charge in [-0.05, 0) is 30.3 Å². The van der Waals surface area contributed by atoms with Crippen LogP contribution in [-0.4, -0.2) is 10.9 Å². The fourth-order valence-electron chi connectivity index (χ4n) is 1.34. The van der Waals surface area contributed by atoms with Gasteiger partial charge >= 0.3 is 0 Å². The summed E-state index contributed by atoms with van der Waals surface area (Å²) in [6, 6.07) is 7.36. The minimum atomic E-state index is -0.813. The molecule has 3 nitrogen and oxygen atoms in total. The van der Waals surface area contributed by atoms with E-state index in [0.717, 1.165) is 6.07 Å². The highest BCUT2D eigenvalue weighted by Crippen LogP contribution is 2.22. The lowest BCUT2D eigenvalue weighted by Gasteiger charge is -2.07. The highest BCUT2D eigenvalue weighted by Gasteiger charge is 2.15. The zero-order chi connectivity index (χ0) is 14.0. The predicted molar refractivity (Wildman–Crippen MR) is 73.6 cm³/mol. The van der Waals surface area contributed by atoms with Crippen LogP contribution in [0.1, 0.15) is 10.4 Å². The Bertz CT molecular complexity index is 632. The van der Waals surface area contributed by atoms with Crippen molar-refractivity contribution in [2.75, 3.05) is 5.32 Å². The molecule has 0 saturated carbocycles. The molecule has 0 fully saturated rings. The quantitative estimate of drug-likeness (QED) is 0.832. The molecule has 0 aliphatic carbocycles. The monoisotopic (exact) mass is 318 g/mol. The van der Waals surface area contributed by atoms with E-state index in [1.54, 1.807) is 24.3 Å². The van der Waals surface area contributed by atoms with Crippen LogP contribution in [0.4, 0.5) is 10.1 Å². The van der Waals surface area contributed by atoms with E-state index in [-0.39, 0.29) is 15.9 Å². The van der Waals surface area contributed by atoms with Crippen molar-refractivity contribution in [3.8, 4) is 0 Å². The summed E-state index contributed by atoms with van der Waals surface area (Å²) in [6.07, 6.45) is 0. The number of pyridine rings is 1. The van der Waals surface area contributed by atoms with Crippen LogP contribution in [0.3, 0.4) is 0 Å². The van der Waals surface area contributed by atoms with Crippen molar-refractivity contribution >= 4 is 46.4 Å². The van der Waals surface area contributed by atoms with Crippen LogP contribution in [0.25, 0.3) is 0 Å². The van der Waals surface area contributed by atoms with Gasteiger partial charge < -0.3 is 5.32 Å². The van der Waals surface area contributed by atoms with E-state index in [1.165, 1.54) is 0 Å². The minimum absolute atomic E-state index is 0.0986. The smallest absolute Gasteiger partial charge is 0.258 e. The molecular formula is C12H6Cl3FN2O. The first kappa shape index (κ1) is 14.1. The standard InChI is InChI=1S/C12H6Cl3FN2O/c13-6-1-3-7(4-2-6)17-12(19)8-5-9(16)11(15)18-10(8)14/h1-5H,(H,17,19). The number of carbonyl (C=O) groups excluding carboxylic acids is 1. The summed E-state index contributed by atoms with van der Waals surface area (Å²) in [7, 11) is 0. The molecule has 0 aliphatic rings. The van der Waals surface area contributed by atoms with Crippen LogP contribution in [-0.2, 0) is 0 Å². The van der Waals surface area contributed by atoms with Crippen molar-refractivity contribution in [3.63, 3.8) is 0 Å². The Morgan fingerprint density at radius 3 is 2.37 bits per heavy atom. The summed E-state index contributed by atoms with van der Waals surface area (Å²) in [5, 5.41) is 2.53. The molecule has 1 heterocycles.